The van der Waals surface area contributed by atoms with Crippen LogP contribution in [0.2, 0.25) is 5.02 Å². The van der Waals surface area contributed by atoms with Crippen LogP contribution in [-0.4, -0.2) is 32.1 Å². The maximum Gasteiger partial charge on any atom is 0.513 e. The second-order valence-electron chi connectivity index (χ2n) is 7.11. The Balaban J connectivity index is 1.83. The highest BCUT2D eigenvalue weighted by Gasteiger charge is 2.33. The Morgan fingerprint density at radius 2 is 1.71 bits per heavy atom. The van der Waals surface area contributed by atoms with E-state index in [0.29, 0.717) is 10.4 Å². The number of nitro groups is 1. The lowest BCUT2D eigenvalue weighted by Gasteiger charge is -2.30. The number of carbonyl (C=O) groups excluding carboxylic acids is 1. The summed E-state index contributed by atoms with van der Waals surface area (Å²) in [6.07, 6.45) is -1.24. The number of ether oxygens (including phenoxy) is 2. The number of sulfonamides is 1. The van der Waals surface area contributed by atoms with Crippen LogP contribution >= 0.6 is 11.6 Å². The number of hydrogen-bond acceptors (Lipinski definition) is 7. The first-order valence-electron chi connectivity index (χ1n) is 9.83. The number of non-ortho nitro benzene ring substituents is 1. The molecule has 1 atom stereocenters. The average molecular weight is 527 g/mol. The fourth-order valence-corrected chi connectivity index (χ4v) is 4.76. The zero-order chi connectivity index (χ0) is 25.8. The van der Waals surface area contributed by atoms with E-state index in [1.165, 1.54) is 43.3 Å². The van der Waals surface area contributed by atoms with E-state index in [0.717, 1.165) is 24.3 Å². The standard InChI is InChI=1S/C22H17ClF2N2O7S/c1-14(13-33-22(28)34-18-7-5-17(6-8-18)27(29)30)26(21-12-16(24)4-11-20(21)25)35(31,32)19-9-2-15(23)3-10-19/h2-12,14H,13H2,1H3. The quantitative estimate of drug-likeness (QED) is 0.169. The molecule has 3 rings (SSSR count). The van der Waals surface area contributed by atoms with Gasteiger partial charge in [-0.1, -0.05) is 11.6 Å². The molecule has 1 unspecified atom stereocenters. The van der Waals surface area contributed by atoms with Gasteiger partial charge >= 0.3 is 6.16 Å². The van der Waals surface area contributed by atoms with Gasteiger partial charge in [-0.15, -0.1) is 0 Å². The molecule has 0 saturated heterocycles. The molecule has 0 spiro atoms. The second-order valence-corrected chi connectivity index (χ2v) is 9.36. The number of rotatable bonds is 8. The number of benzene rings is 3. The Hall–Kier alpha value is -3.77. The van der Waals surface area contributed by atoms with Crippen LogP contribution in [0.25, 0.3) is 0 Å². The van der Waals surface area contributed by atoms with Crippen molar-refractivity contribution in [1.29, 1.82) is 0 Å². The van der Waals surface area contributed by atoms with E-state index in [-0.39, 0.29) is 21.4 Å². The van der Waals surface area contributed by atoms with Crippen LogP contribution in [0.15, 0.2) is 71.6 Å². The van der Waals surface area contributed by atoms with E-state index >= 15 is 0 Å². The number of anilines is 1. The van der Waals surface area contributed by atoms with Crippen LogP contribution in [-0.2, 0) is 14.8 Å². The lowest BCUT2D eigenvalue weighted by atomic mass is 10.2. The van der Waals surface area contributed by atoms with Gasteiger partial charge in [0.15, 0.2) is 0 Å². The van der Waals surface area contributed by atoms with Crippen molar-refractivity contribution in [2.45, 2.75) is 17.9 Å². The first-order chi connectivity index (χ1) is 16.5. The average Bonchev–Trinajstić information content (AvgIpc) is 2.80. The van der Waals surface area contributed by atoms with Gasteiger partial charge in [0, 0.05) is 23.2 Å². The van der Waals surface area contributed by atoms with E-state index < -0.39 is 51.1 Å². The predicted octanol–water partition coefficient (Wildman–Crippen LogP) is 5.33. The molecule has 3 aromatic rings. The maximum atomic E-state index is 14.6. The van der Waals surface area contributed by atoms with Gasteiger partial charge < -0.3 is 9.47 Å². The van der Waals surface area contributed by atoms with Crippen LogP contribution in [0.3, 0.4) is 0 Å². The SMILES string of the molecule is CC(COC(=O)Oc1ccc([N+](=O)[O-])cc1)N(c1cc(F)ccc1F)S(=O)(=O)c1ccc(Cl)cc1. The summed E-state index contributed by atoms with van der Waals surface area (Å²) < 4.78 is 65.6. The first kappa shape index (κ1) is 25.8. The molecule has 0 bridgehead atoms. The zero-order valence-electron chi connectivity index (χ0n) is 17.9. The van der Waals surface area contributed by atoms with Crippen molar-refractivity contribution in [1.82, 2.24) is 0 Å². The fraction of sp³-hybridized carbons (Fsp3) is 0.136. The van der Waals surface area contributed by atoms with Crippen molar-refractivity contribution < 1.29 is 36.4 Å². The summed E-state index contributed by atoms with van der Waals surface area (Å²) in [7, 11) is -4.46. The number of nitro benzene ring substituents is 1. The lowest BCUT2D eigenvalue weighted by Crippen LogP contribution is -2.42. The second kappa shape index (κ2) is 10.7. The molecule has 184 valence electrons. The number of hydrogen-bond donors (Lipinski definition) is 0. The summed E-state index contributed by atoms with van der Waals surface area (Å²) in [6.45, 7) is 0.714. The molecule has 0 N–H and O–H groups in total. The molecule has 3 aromatic carbocycles. The van der Waals surface area contributed by atoms with Gasteiger partial charge in [-0.05, 0) is 55.5 Å². The Morgan fingerprint density at radius 1 is 1.09 bits per heavy atom. The molecule has 0 amide bonds. The molecule has 0 heterocycles. The molecule has 0 saturated carbocycles. The summed E-state index contributed by atoms with van der Waals surface area (Å²) in [6, 6.07) is 10.7. The predicted molar refractivity (Wildman–Crippen MR) is 122 cm³/mol. The largest absolute Gasteiger partial charge is 0.513 e. The van der Waals surface area contributed by atoms with Gasteiger partial charge in [0.1, 0.15) is 24.0 Å². The summed E-state index contributed by atoms with van der Waals surface area (Å²) in [5.41, 5.74) is -0.820. The van der Waals surface area contributed by atoms with Crippen molar-refractivity contribution in [3.8, 4) is 5.75 Å². The van der Waals surface area contributed by atoms with E-state index in [2.05, 4.69) is 0 Å². The molecular weight excluding hydrogens is 510 g/mol. The van der Waals surface area contributed by atoms with Gasteiger partial charge in [0.2, 0.25) is 0 Å². The third-order valence-corrected chi connectivity index (χ3v) is 6.80. The topological polar surface area (TPSA) is 116 Å². The van der Waals surface area contributed by atoms with E-state index in [9.17, 15) is 32.1 Å². The van der Waals surface area contributed by atoms with Crippen LogP contribution in [0.5, 0.6) is 5.75 Å². The Bertz CT molecular complexity index is 1340. The molecular formula is C22H17ClF2N2O7S. The van der Waals surface area contributed by atoms with E-state index in [4.69, 9.17) is 21.1 Å². The lowest BCUT2D eigenvalue weighted by molar-refractivity contribution is -0.384. The number of halogens is 3. The summed E-state index contributed by atoms with van der Waals surface area (Å²) in [5, 5.41) is 11.0. The molecule has 35 heavy (non-hydrogen) atoms. The normalized spacial score (nSPS) is 12.0. The third kappa shape index (κ3) is 6.22. The molecule has 0 aliphatic carbocycles. The van der Waals surface area contributed by atoms with Crippen LogP contribution in [0.1, 0.15) is 6.92 Å². The van der Waals surface area contributed by atoms with Crippen molar-refractivity contribution in [2.75, 3.05) is 10.9 Å². The molecule has 0 aliphatic heterocycles. The van der Waals surface area contributed by atoms with Crippen molar-refractivity contribution in [3.63, 3.8) is 0 Å². The van der Waals surface area contributed by atoms with Gasteiger partial charge in [-0.3, -0.25) is 14.4 Å². The van der Waals surface area contributed by atoms with Crippen LogP contribution in [0, 0.1) is 21.7 Å². The Morgan fingerprint density at radius 3 is 2.31 bits per heavy atom. The van der Waals surface area contributed by atoms with Gasteiger partial charge in [-0.25, -0.2) is 22.0 Å². The summed E-state index contributed by atoms with van der Waals surface area (Å²) in [5.74, 6) is -1.97. The van der Waals surface area contributed by atoms with Crippen molar-refractivity contribution in [3.05, 3.63) is 93.5 Å². The third-order valence-electron chi connectivity index (χ3n) is 4.61. The summed E-state index contributed by atoms with van der Waals surface area (Å²) in [4.78, 5) is 21.9. The smallest absolute Gasteiger partial charge is 0.432 e. The van der Waals surface area contributed by atoms with E-state index in [1.54, 1.807) is 0 Å². The number of nitrogens with zero attached hydrogens (tertiary/aromatic N) is 2. The van der Waals surface area contributed by atoms with Crippen LogP contribution in [0.4, 0.5) is 25.0 Å². The Labute approximate surface area is 203 Å². The van der Waals surface area contributed by atoms with Gasteiger partial charge in [0.25, 0.3) is 15.7 Å². The minimum Gasteiger partial charge on any atom is -0.432 e. The minimum atomic E-state index is -4.46. The Kier molecular flexibility index (Phi) is 7.87. The van der Waals surface area contributed by atoms with Crippen molar-refractivity contribution in [2.24, 2.45) is 0 Å². The molecule has 0 fully saturated rings. The summed E-state index contributed by atoms with van der Waals surface area (Å²) >= 11 is 5.82. The fourth-order valence-electron chi connectivity index (χ4n) is 3.00. The van der Waals surface area contributed by atoms with Crippen LogP contribution < -0.4 is 9.04 Å². The highest BCUT2D eigenvalue weighted by atomic mass is 35.5. The molecule has 0 aliphatic rings. The minimum absolute atomic E-state index is 0.0601. The maximum absolute atomic E-state index is 14.6. The van der Waals surface area contributed by atoms with Crippen molar-refractivity contribution >= 4 is 39.2 Å². The molecule has 0 aromatic heterocycles. The van der Waals surface area contributed by atoms with Gasteiger partial charge in [0.05, 0.1) is 21.5 Å². The number of carbonyl (C=O) groups is 1. The first-order valence-corrected chi connectivity index (χ1v) is 11.6. The molecule has 0 radical (unpaired) electrons. The highest BCUT2D eigenvalue weighted by molar-refractivity contribution is 7.92. The van der Waals surface area contributed by atoms with Gasteiger partial charge in [-0.2, -0.15) is 0 Å². The molecule has 9 nitrogen and oxygen atoms in total. The zero-order valence-corrected chi connectivity index (χ0v) is 19.5. The van der Waals surface area contributed by atoms with E-state index in [1.807, 2.05) is 0 Å². The monoisotopic (exact) mass is 526 g/mol. The highest BCUT2D eigenvalue weighted by Crippen LogP contribution is 2.30. The molecule has 13 heteroatoms.